The summed E-state index contributed by atoms with van der Waals surface area (Å²) in [5, 5.41) is 0. The van der Waals surface area contributed by atoms with Crippen molar-refractivity contribution in [3.8, 4) is 5.75 Å². The minimum atomic E-state index is -0.648. The van der Waals surface area contributed by atoms with E-state index in [-0.39, 0.29) is 18.0 Å². The van der Waals surface area contributed by atoms with E-state index in [0.717, 1.165) is 18.9 Å². The molecule has 2 aromatic heterocycles. The number of piperidine rings is 2. The van der Waals surface area contributed by atoms with Crippen LogP contribution in [-0.2, 0) is 6.61 Å². The van der Waals surface area contributed by atoms with E-state index >= 15 is 0 Å². The van der Waals surface area contributed by atoms with Crippen molar-refractivity contribution in [2.45, 2.75) is 83.0 Å². The Morgan fingerprint density at radius 3 is 2.43 bits per heavy atom. The van der Waals surface area contributed by atoms with Crippen LogP contribution in [-0.4, -0.2) is 38.2 Å². The van der Waals surface area contributed by atoms with E-state index in [0.29, 0.717) is 47.2 Å². The number of ketones is 1. The van der Waals surface area contributed by atoms with Crippen molar-refractivity contribution in [3.05, 3.63) is 65.1 Å². The zero-order valence-electron chi connectivity index (χ0n) is 20.1. The minimum absolute atomic E-state index is 0.107. The van der Waals surface area contributed by atoms with Gasteiger partial charge in [0.05, 0.1) is 11.3 Å². The van der Waals surface area contributed by atoms with E-state index in [2.05, 4.69) is 9.88 Å². The Hall–Kier alpha value is -2.80. The molecule has 2 bridgehead atoms. The van der Waals surface area contributed by atoms with Gasteiger partial charge in [0, 0.05) is 30.7 Å². The van der Waals surface area contributed by atoms with Crippen molar-refractivity contribution >= 4 is 11.4 Å². The molecule has 3 aliphatic rings. The van der Waals surface area contributed by atoms with E-state index in [1.54, 1.807) is 16.5 Å². The molecule has 2 unspecified atom stereocenters. The number of Topliss-reactive ketones (excluding diaryl/α,β-unsaturated/α-hetero) is 1. The molecule has 5 nitrogen and oxygen atoms in total. The number of imidazole rings is 1. The van der Waals surface area contributed by atoms with Crippen molar-refractivity contribution in [1.29, 1.82) is 0 Å². The van der Waals surface area contributed by atoms with Crippen LogP contribution in [0, 0.1) is 24.5 Å². The highest BCUT2D eigenvalue weighted by molar-refractivity contribution is 5.96. The van der Waals surface area contributed by atoms with Gasteiger partial charge < -0.3 is 4.74 Å². The number of aromatic nitrogens is 2. The summed E-state index contributed by atoms with van der Waals surface area (Å²) in [5.41, 5.74) is 1.60. The summed E-state index contributed by atoms with van der Waals surface area (Å²) < 4.78 is 35.6. The Bertz CT molecular complexity index is 1230. The first kappa shape index (κ1) is 22.7. The van der Waals surface area contributed by atoms with Crippen LogP contribution in [0.5, 0.6) is 5.75 Å². The van der Waals surface area contributed by atoms with Gasteiger partial charge in [-0.2, -0.15) is 0 Å². The van der Waals surface area contributed by atoms with E-state index < -0.39 is 11.6 Å². The lowest BCUT2D eigenvalue weighted by atomic mass is 9.76. The predicted molar refractivity (Wildman–Crippen MR) is 129 cm³/mol. The van der Waals surface area contributed by atoms with Crippen LogP contribution in [0.3, 0.4) is 0 Å². The van der Waals surface area contributed by atoms with Gasteiger partial charge in [0.25, 0.3) is 0 Å². The number of rotatable bonds is 7. The summed E-state index contributed by atoms with van der Waals surface area (Å²) in [6.07, 6.45) is 11.1. The third-order valence-corrected chi connectivity index (χ3v) is 8.06. The van der Waals surface area contributed by atoms with Gasteiger partial charge in [0.2, 0.25) is 0 Å². The maximum atomic E-state index is 14.0. The maximum absolute atomic E-state index is 14.0. The molecule has 0 radical (unpaired) electrons. The monoisotopic (exact) mass is 479 g/mol. The van der Waals surface area contributed by atoms with E-state index in [4.69, 9.17) is 4.74 Å². The first-order valence-electron chi connectivity index (χ1n) is 12.8. The van der Waals surface area contributed by atoms with Gasteiger partial charge in [-0.15, -0.1) is 0 Å². The van der Waals surface area contributed by atoms with E-state index in [1.165, 1.54) is 50.3 Å². The van der Waals surface area contributed by atoms with Crippen LogP contribution in [0.4, 0.5) is 8.78 Å². The standard InChI is InChI=1S/C28H31F2N3O2/c1-17-27(25(34)15-18-13-20-5-2-6-21(14-18)33(20)19-10-11-19)32-12-4-9-26(28(32)31-17)35-16-22-23(29)7-3-8-24(22)30/h3-4,7-9,12,18-21H,2,5-6,10-11,13-16H2,1H3. The first-order chi connectivity index (χ1) is 17.0. The lowest BCUT2D eigenvalue weighted by Crippen LogP contribution is -2.53. The lowest BCUT2D eigenvalue weighted by molar-refractivity contribution is 0.00557. The molecule has 0 amide bonds. The Labute approximate surface area is 204 Å². The summed E-state index contributed by atoms with van der Waals surface area (Å²) in [6, 6.07) is 9.29. The fraction of sp³-hybridized carbons (Fsp3) is 0.500. The molecule has 3 aromatic rings. The quantitative estimate of drug-likeness (QED) is 0.398. The molecule has 0 spiro atoms. The van der Waals surface area contributed by atoms with Gasteiger partial charge in [-0.25, -0.2) is 13.8 Å². The van der Waals surface area contributed by atoms with Crippen LogP contribution >= 0.6 is 0 Å². The Morgan fingerprint density at radius 1 is 1.03 bits per heavy atom. The molecule has 184 valence electrons. The number of hydrogen-bond acceptors (Lipinski definition) is 4. The third-order valence-electron chi connectivity index (χ3n) is 8.06. The summed E-state index contributed by atoms with van der Waals surface area (Å²) in [6.45, 7) is 1.58. The van der Waals surface area contributed by atoms with E-state index in [9.17, 15) is 13.6 Å². The Balaban J connectivity index is 1.20. The van der Waals surface area contributed by atoms with Crippen molar-refractivity contribution in [3.63, 3.8) is 0 Å². The molecule has 4 heterocycles. The molecule has 1 aliphatic carbocycles. The van der Waals surface area contributed by atoms with Gasteiger partial charge in [-0.3, -0.25) is 14.1 Å². The average molecular weight is 480 g/mol. The zero-order chi connectivity index (χ0) is 24.1. The Kier molecular flexibility index (Phi) is 5.83. The average Bonchev–Trinajstić information content (AvgIpc) is 3.59. The number of pyridine rings is 1. The normalized spacial score (nSPS) is 24.6. The third kappa shape index (κ3) is 4.24. The van der Waals surface area contributed by atoms with Crippen LogP contribution in [0.2, 0.25) is 0 Å². The summed E-state index contributed by atoms with van der Waals surface area (Å²) in [4.78, 5) is 20.9. The number of halogens is 2. The van der Waals surface area contributed by atoms with E-state index in [1.807, 2.05) is 13.1 Å². The topological polar surface area (TPSA) is 46.8 Å². The molecule has 0 N–H and O–H groups in total. The summed E-state index contributed by atoms with van der Waals surface area (Å²) >= 11 is 0. The first-order valence-corrected chi connectivity index (χ1v) is 12.8. The van der Waals surface area contributed by atoms with Gasteiger partial charge >= 0.3 is 0 Å². The molecule has 2 atom stereocenters. The smallest absolute Gasteiger partial charge is 0.181 e. The molecule has 1 saturated carbocycles. The van der Waals surface area contributed by atoms with Crippen LogP contribution in [0.15, 0.2) is 36.5 Å². The van der Waals surface area contributed by atoms with Gasteiger partial charge in [-0.05, 0) is 75.6 Å². The number of nitrogens with zero attached hydrogens (tertiary/aromatic N) is 3. The highest BCUT2D eigenvalue weighted by Gasteiger charge is 2.45. The molecule has 3 fully saturated rings. The van der Waals surface area contributed by atoms with Crippen LogP contribution in [0.25, 0.3) is 5.65 Å². The zero-order valence-corrected chi connectivity index (χ0v) is 20.1. The number of fused-ring (bicyclic) bond motifs is 3. The SMILES string of the molecule is Cc1nc2c(OCc3c(F)cccc3F)cccn2c1C(=O)CC1CC2CCCC(C1)N2C1CC1. The number of carbonyl (C=O) groups excluding carboxylic acids is 1. The van der Waals surface area contributed by atoms with Crippen molar-refractivity contribution in [2.75, 3.05) is 0 Å². The van der Waals surface area contributed by atoms with Crippen LogP contribution in [0.1, 0.15) is 73.1 Å². The molecule has 7 heteroatoms. The Morgan fingerprint density at radius 2 is 1.74 bits per heavy atom. The fourth-order valence-corrected chi connectivity index (χ4v) is 6.45. The number of aryl methyl sites for hydroxylation is 1. The second-order valence-corrected chi connectivity index (χ2v) is 10.5. The fourth-order valence-electron chi connectivity index (χ4n) is 6.45. The highest BCUT2D eigenvalue weighted by atomic mass is 19.1. The van der Waals surface area contributed by atoms with Gasteiger partial charge in [0.1, 0.15) is 23.9 Å². The predicted octanol–water partition coefficient (Wildman–Crippen LogP) is 5.87. The molecule has 6 rings (SSSR count). The summed E-state index contributed by atoms with van der Waals surface area (Å²) in [5.74, 6) is -0.393. The number of ether oxygens (including phenoxy) is 1. The van der Waals surface area contributed by atoms with Gasteiger partial charge in [0.15, 0.2) is 17.2 Å². The minimum Gasteiger partial charge on any atom is -0.485 e. The maximum Gasteiger partial charge on any atom is 0.181 e. The molecule has 35 heavy (non-hydrogen) atoms. The molecule has 1 aromatic carbocycles. The molecular weight excluding hydrogens is 448 g/mol. The molecular formula is C28H31F2N3O2. The lowest BCUT2D eigenvalue weighted by Gasteiger charge is -2.49. The van der Waals surface area contributed by atoms with Gasteiger partial charge in [-0.1, -0.05) is 12.5 Å². The second-order valence-electron chi connectivity index (χ2n) is 10.5. The highest BCUT2D eigenvalue weighted by Crippen LogP contribution is 2.44. The molecule has 2 saturated heterocycles. The van der Waals surface area contributed by atoms with Crippen LogP contribution < -0.4 is 4.74 Å². The summed E-state index contributed by atoms with van der Waals surface area (Å²) in [7, 11) is 0. The van der Waals surface area contributed by atoms with Crippen molar-refractivity contribution in [1.82, 2.24) is 14.3 Å². The van der Waals surface area contributed by atoms with Crippen molar-refractivity contribution < 1.29 is 18.3 Å². The molecule has 2 aliphatic heterocycles. The van der Waals surface area contributed by atoms with Crippen molar-refractivity contribution in [2.24, 2.45) is 5.92 Å². The number of carbonyl (C=O) groups is 1. The largest absolute Gasteiger partial charge is 0.485 e. The number of hydrogen-bond donors (Lipinski definition) is 0. The number of benzene rings is 1. The second kappa shape index (κ2) is 9.01.